The molecule has 4 heteroatoms. The van der Waals surface area contributed by atoms with Crippen molar-refractivity contribution >= 4 is 21.8 Å². The van der Waals surface area contributed by atoms with Crippen LogP contribution in [0, 0.1) is 0 Å². The van der Waals surface area contributed by atoms with E-state index < -0.39 is 42.9 Å². The summed E-state index contributed by atoms with van der Waals surface area (Å²) in [6.45, 7) is -5.67. The molecular formula is C8H7BrN2O. The van der Waals surface area contributed by atoms with Crippen LogP contribution >= 0.6 is 15.9 Å². The van der Waals surface area contributed by atoms with Crippen molar-refractivity contribution < 1.29 is 14.4 Å². The van der Waals surface area contributed by atoms with Crippen LogP contribution < -0.4 is 0 Å². The smallest absolute Gasteiger partial charge is 0.272 e. The number of carbonyl (C=O) groups excluding carboxylic acids is 1. The van der Waals surface area contributed by atoms with Gasteiger partial charge >= 0.3 is 0 Å². The summed E-state index contributed by atoms with van der Waals surface area (Å²) in [5, 5.41) is 0. The van der Waals surface area contributed by atoms with E-state index in [0.29, 0.717) is 0 Å². The monoisotopic (exact) mass is 233 g/mol. The van der Waals surface area contributed by atoms with Crippen LogP contribution in [0.3, 0.4) is 0 Å². The van der Waals surface area contributed by atoms with Crippen LogP contribution in [0.25, 0.3) is 0 Å². The van der Waals surface area contributed by atoms with Gasteiger partial charge in [-0.1, -0.05) is 0 Å². The number of carbonyl (C=O) groups is 1. The van der Waals surface area contributed by atoms with Crippen molar-refractivity contribution in [2.24, 2.45) is 0 Å². The van der Waals surface area contributed by atoms with Crippen LogP contribution in [-0.4, -0.2) is 22.8 Å². The second kappa shape index (κ2) is 2.55. The van der Waals surface area contributed by atoms with Crippen molar-refractivity contribution in [2.75, 3.05) is 6.98 Å². The van der Waals surface area contributed by atoms with Crippen LogP contribution in [0.5, 0.6) is 0 Å². The lowest BCUT2D eigenvalue weighted by molar-refractivity contribution is 0.0812. The average molecular weight is 234 g/mol. The lowest BCUT2D eigenvalue weighted by Crippen LogP contribution is -2.17. The van der Waals surface area contributed by atoms with Crippen molar-refractivity contribution in [1.82, 2.24) is 9.88 Å². The zero-order valence-electron chi connectivity index (χ0n) is 12.7. The van der Waals surface area contributed by atoms with Gasteiger partial charge in [0.2, 0.25) is 0 Å². The number of fused-ring (bicyclic) bond motifs is 1. The molecule has 0 fully saturated rings. The highest BCUT2D eigenvalue weighted by molar-refractivity contribution is 9.10. The number of amides is 1. The molecule has 1 aromatic heterocycles. The summed E-state index contributed by atoms with van der Waals surface area (Å²) < 4.78 is 52.4. The van der Waals surface area contributed by atoms with Crippen molar-refractivity contribution in [3.8, 4) is 0 Å². The fourth-order valence-electron chi connectivity index (χ4n) is 0.862. The molecule has 0 spiro atoms. The minimum absolute atomic E-state index is 0.0710. The third-order valence-electron chi connectivity index (χ3n) is 1.37. The number of rotatable bonds is 0. The van der Waals surface area contributed by atoms with E-state index in [9.17, 15) is 4.79 Å². The highest BCUT2D eigenvalue weighted by Crippen LogP contribution is 2.21. The van der Waals surface area contributed by atoms with E-state index in [1.807, 2.05) is 0 Å². The molecule has 0 bridgehead atoms. The number of nitrogens with zero attached hydrogens (tertiary/aromatic N) is 2. The van der Waals surface area contributed by atoms with Gasteiger partial charge in [-0.15, -0.1) is 0 Å². The summed E-state index contributed by atoms with van der Waals surface area (Å²) in [4.78, 5) is 15.6. The maximum Gasteiger partial charge on any atom is 0.272 e. The largest absolute Gasteiger partial charge is 0.336 e. The quantitative estimate of drug-likeness (QED) is 0.680. The lowest BCUT2D eigenvalue weighted by Gasteiger charge is -2.03. The van der Waals surface area contributed by atoms with E-state index in [1.165, 1.54) is 0 Å². The van der Waals surface area contributed by atoms with Gasteiger partial charge in [0.25, 0.3) is 5.91 Å². The fraction of sp³-hybridized carbons (Fsp3) is 0.250. The average Bonchev–Trinajstić information content (AvgIpc) is 2.41. The first kappa shape index (κ1) is 3.10. The number of hydrogen-bond donors (Lipinski definition) is 0. The third-order valence-corrected chi connectivity index (χ3v) is 1.74. The number of pyridine rings is 1. The zero-order valence-corrected chi connectivity index (χ0v) is 7.27. The van der Waals surface area contributed by atoms with Gasteiger partial charge in [-0.05, 0) is 22.0 Å². The molecule has 2 rings (SSSR count). The first-order chi connectivity index (χ1) is 8.49. The van der Waals surface area contributed by atoms with Crippen molar-refractivity contribution in [1.29, 1.82) is 0 Å². The van der Waals surface area contributed by atoms with Crippen molar-refractivity contribution in [2.45, 2.75) is 6.50 Å². The Bertz CT molecular complexity index is 585. The molecule has 0 saturated heterocycles. The number of halogens is 1. The molecule has 0 radical (unpaired) electrons. The summed E-state index contributed by atoms with van der Waals surface area (Å²) in [5.41, 5.74) is -0.934. The summed E-state index contributed by atoms with van der Waals surface area (Å²) >= 11 is 2.90. The molecule has 0 saturated carbocycles. The molecule has 1 aliphatic heterocycles. The maximum atomic E-state index is 12.0. The van der Waals surface area contributed by atoms with Gasteiger partial charge in [0, 0.05) is 33.8 Å². The Balaban J connectivity index is 2.78. The van der Waals surface area contributed by atoms with Crippen LogP contribution in [0.15, 0.2) is 16.7 Å². The molecule has 0 atom stereocenters. The first-order valence-corrected chi connectivity index (χ1v) is 3.80. The Labute approximate surface area is 88.4 Å². The summed E-state index contributed by atoms with van der Waals surface area (Å²) in [6.07, 6.45) is -0.416. The van der Waals surface area contributed by atoms with Crippen LogP contribution in [0.2, 0.25) is 0 Å². The number of hydrogen-bond acceptors (Lipinski definition) is 2. The Hall–Kier alpha value is -0.900. The molecule has 1 amide bonds. The molecule has 0 aromatic carbocycles. The predicted octanol–water partition coefficient (Wildman–Crippen LogP) is 1.43. The summed E-state index contributed by atoms with van der Waals surface area (Å²) in [6, 6.07) is -0.444. The molecule has 0 unspecified atom stereocenters. The fourth-order valence-corrected chi connectivity index (χ4v) is 1.15. The van der Waals surface area contributed by atoms with Gasteiger partial charge in [0.05, 0.1) is 5.48 Å². The Morgan fingerprint density at radius 2 is 2.83 bits per heavy atom. The summed E-state index contributed by atoms with van der Waals surface area (Å²) in [7, 11) is 0. The second-order valence-electron chi connectivity index (χ2n) is 2.14. The maximum absolute atomic E-state index is 12.0. The van der Waals surface area contributed by atoms with E-state index in [-0.39, 0.29) is 9.37 Å². The van der Waals surface area contributed by atoms with Crippen LogP contribution in [0.4, 0.5) is 0 Å². The Morgan fingerprint density at radius 1 is 2.00 bits per heavy atom. The van der Waals surface area contributed by atoms with Gasteiger partial charge in [-0.25, -0.2) is 4.98 Å². The van der Waals surface area contributed by atoms with Gasteiger partial charge < -0.3 is 4.90 Å². The van der Waals surface area contributed by atoms with E-state index >= 15 is 0 Å². The molecule has 1 aliphatic rings. The van der Waals surface area contributed by atoms with E-state index in [4.69, 9.17) is 9.60 Å². The van der Waals surface area contributed by atoms with E-state index in [0.717, 1.165) is 0 Å². The molecule has 0 N–H and O–H groups in total. The normalized spacial score (nSPS) is 28.9. The molecule has 0 aliphatic carbocycles. The van der Waals surface area contributed by atoms with Gasteiger partial charge in [0.1, 0.15) is 5.69 Å². The first-order valence-electron chi connectivity index (χ1n) is 6.51. The SMILES string of the molecule is [2H]c1nc2c(c([2H])c1Br)C([2H])([2H])N(C([2H])([2H])[2H])C2=O. The highest BCUT2D eigenvalue weighted by Gasteiger charge is 2.25. The molecule has 3 nitrogen and oxygen atoms in total. The van der Waals surface area contributed by atoms with Gasteiger partial charge in [-0.3, -0.25) is 4.79 Å². The third kappa shape index (κ3) is 1.03. The molecule has 2 heterocycles. The highest BCUT2D eigenvalue weighted by atomic mass is 79.9. The summed E-state index contributed by atoms with van der Waals surface area (Å²) in [5.74, 6) is -1.14. The Kier molecular flexibility index (Phi) is 0.660. The van der Waals surface area contributed by atoms with Gasteiger partial charge in [-0.2, -0.15) is 0 Å². The van der Waals surface area contributed by atoms with Crippen molar-refractivity contribution in [3.05, 3.63) is 27.9 Å². The minimum Gasteiger partial charge on any atom is -0.336 e. The van der Waals surface area contributed by atoms with Gasteiger partial charge in [0.15, 0.2) is 0 Å². The lowest BCUT2D eigenvalue weighted by atomic mass is 10.2. The predicted molar refractivity (Wildman–Crippen MR) is 47.7 cm³/mol. The molecule has 62 valence electrons. The van der Waals surface area contributed by atoms with E-state index in [1.54, 1.807) is 0 Å². The minimum atomic E-state index is -3.00. The van der Waals surface area contributed by atoms with Crippen LogP contribution in [0.1, 0.15) is 25.6 Å². The zero-order chi connectivity index (χ0) is 14.7. The second-order valence-corrected chi connectivity index (χ2v) is 2.93. The van der Waals surface area contributed by atoms with Crippen molar-refractivity contribution in [3.63, 3.8) is 0 Å². The Morgan fingerprint density at radius 3 is 3.58 bits per heavy atom. The molecule has 12 heavy (non-hydrogen) atoms. The topological polar surface area (TPSA) is 33.2 Å². The standard InChI is InChI=1S/C8H7BrN2O/c1-11-4-5-2-6(9)3-10-7(5)8(11)12/h2-3H,4H2,1H3/i1D3,2D,3D,4D2. The molecular weight excluding hydrogens is 220 g/mol. The van der Waals surface area contributed by atoms with Crippen LogP contribution in [-0.2, 0) is 6.50 Å². The van der Waals surface area contributed by atoms with E-state index in [2.05, 4.69) is 20.9 Å². The molecule has 1 aromatic rings. The number of aromatic nitrogens is 1.